The maximum atomic E-state index is 14.4. The van der Waals surface area contributed by atoms with Gasteiger partial charge in [0.15, 0.2) is 0 Å². The van der Waals surface area contributed by atoms with E-state index >= 15 is 0 Å². The van der Waals surface area contributed by atoms with Crippen molar-refractivity contribution in [1.29, 1.82) is 0 Å². The monoisotopic (exact) mass is 650 g/mol. The van der Waals surface area contributed by atoms with Gasteiger partial charge in [-0.1, -0.05) is 80.9 Å². The van der Waals surface area contributed by atoms with Gasteiger partial charge in [0.2, 0.25) is 6.79 Å². The van der Waals surface area contributed by atoms with Gasteiger partial charge in [0, 0.05) is 49.7 Å². The Hall–Kier alpha value is -3.92. The van der Waals surface area contributed by atoms with Gasteiger partial charge in [0.1, 0.15) is 12.2 Å². The molecule has 3 heterocycles. The fourth-order valence-electron chi connectivity index (χ4n) is 7.94. The zero-order chi connectivity index (χ0) is 33.3. The second kappa shape index (κ2) is 15.8. The van der Waals surface area contributed by atoms with E-state index in [1.807, 2.05) is 26.0 Å². The summed E-state index contributed by atoms with van der Waals surface area (Å²) < 4.78 is 29.0. The molecule has 0 N–H and O–H groups in total. The van der Waals surface area contributed by atoms with Gasteiger partial charge in [-0.25, -0.2) is 9.59 Å². The quantitative estimate of drug-likeness (QED) is 0.100. The van der Waals surface area contributed by atoms with Gasteiger partial charge < -0.3 is 28.2 Å². The molecular weight excluding hydrogens is 602 g/mol. The van der Waals surface area contributed by atoms with E-state index < -0.39 is 36.5 Å². The summed E-state index contributed by atoms with van der Waals surface area (Å²) in [4.78, 5) is 52.0. The summed E-state index contributed by atoms with van der Waals surface area (Å²) in [6, 6.07) is 18.4. The largest absolute Gasteiger partial charge is 0.513 e. The molecule has 3 aliphatic rings. The number of carbonyl (C=O) groups excluding carboxylic acids is 4. The first-order valence-electron chi connectivity index (χ1n) is 17.2. The molecule has 0 aliphatic carbocycles. The topological polar surface area (TPSA) is 114 Å². The first-order chi connectivity index (χ1) is 22.8. The summed E-state index contributed by atoms with van der Waals surface area (Å²) in [6.07, 6.45) is 6.62. The Balaban J connectivity index is 1.25. The Bertz CT molecular complexity index is 1300. The summed E-state index contributed by atoms with van der Waals surface area (Å²) in [6.45, 7) is 5.61. The van der Waals surface area contributed by atoms with E-state index in [0.717, 1.165) is 43.0 Å². The Morgan fingerprint density at radius 1 is 0.809 bits per heavy atom. The maximum Gasteiger partial charge on any atom is 0.513 e. The van der Waals surface area contributed by atoms with Crippen molar-refractivity contribution in [2.45, 2.75) is 114 Å². The molecule has 254 valence electrons. The molecular formula is C37H48NO9+. The number of hydrogen-bond acceptors (Lipinski definition) is 9. The normalized spacial score (nSPS) is 21.9. The molecule has 3 atom stereocenters. The van der Waals surface area contributed by atoms with Crippen molar-refractivity contribution >= 4 is 24.1 Å². The van der Waals surface area contributed by atoms with Crippen LogP contribution in [0, 0.1) is 0 Å². The SMILES string of the molecule is CCCC(CC)OC(=O)CCC(=O)OCOC(=O)OC(C(=O)OC1CC2CCC(C1)[N+]21CCCC1)(c1ccccc1)c1ccccc1. The zero-order valence-corrected chi connectivity index (χ0v) is 27.6. The van der Waals surface area contributed by atoms with Crippen molar-refractivity contribution in [2.24, 2.45) is 0 Å². The highest BCUT2D eigenvalue weighted by molar-refractivity contribution is 5.88. The molecule has 10 nitrogen and oxygen atoms in total. The molecule has 0 saturated carbocycles. The summed E-state index contributed by atoms with van der Waals surface area (Å²) in [5.41, 5.74) is -1.16. The molecule has 2 aromatic carbocycles. The van der Waals surface area contributed by atoms with Crippen molar-refractivity contribution in [3.05, 3.63) is 71.8 Å². The van der Waals surface area contributed by atoms with Gasteiger partial charge in [-0.15, -0.1) is 0 Å². The average molecular weight is 651 g/mol. The minimum atomic E-state index is -1.96. The van der Waals surface area contributed by atoms with Gasteiger partial charge in [-0.2, -0.15) is 0 Å². The van der Waals surface area contributed by atoms with E-state index in [9.17, 15) is 19.2 Å². The van der Waals surface area contributed by atoms with Crippen LogP contribution in [0.4, 0.5) is 4.79 Å². The lowest BCUT2D eigenvalue weighted by atomic mass is 9.85. The van der Waals surface area contributed by atoms with Crippen molar-refractivity contribution in [3.8, 4) is 0 Å². The number of benzene rings is 2. The van der Waals surface area contributed by atoms with Crippen LogP contribution in [0.3, 0.4) is 0 Å². The third-order valence-electron chi connectivity index (χ3n) is 10.2. The van der Waals surface area contributed by atoms with E-state index in [1.54, 1.807) is 48.5 Å². The van der Waals surface area contributed by atoms with Gasteiger partial charge in [-0.3, -0.25) is 9.59 Å². The van der Waals surface area contributed by atoms with Gasteiger partial charge in [0.05, 0.1) is 38.0 Å². The number of piperidine rings is 1. The van der Waals surface area contributed by atoms with Crippen LogP contribution in [0.15, 0.2) is 60.7 Å². The molecule has 10 heteroatoms. The lowest BCUT2D eigenvalue weighted by Crippen LogP contribution is -2.60. The summed E-state index contributed by atoms with van der Waals surface area (Å²) in [7, 11) is 0. The third-order valence-corrected chi connectivity index (χ3v) is 10.2. The zero-order valence-electron chi connectivity index (χ0n) is 27.6. The van der Waals surface area contributed by atoms with E-state index in [4.69, 9.17) is 23.7 Å². The number of nitrogens with zero attached hydrogens (tertiary/aromatic N) is 1. The molecule has 3 fully saturated rings. The highest BCUT2D eigenvalue weighted by Gasteiger charge is 2.57. The molecule has 3 saturated heterocycles. The van der Waals surface area contributed by atoms with Crippen LogP contribution in [-0.2, 0) is 43.7 Å². The van der Waals surface area contributed by atoms with Crippen LogP contribution in [-0.4, -0.2) is 72.7 Å². The molecule has 0 aromatic heterocycles. The van der Waals surface area contributed by atoms with E-state index in [0.29, 0.717) is 29.6 Å². The predicted molar refractivity (Wildman–Crippen MR) is 172 cm³/mol. The van der Waals surface area contributed by atoms with Gasteiger partial charge in [0.25, 0.3) is 5.60 Å². The first kappa shape index (κ1) is 34.4. The van der Waals surface area contributed by atoms with E-state index in [-0.39, 0.29) is 25.0 Å². The lowest BCUT2D eigenvalue weighted by Gasteiger charge is -2.47. The number of ether oxygens (including phenoxy) is 5. The summed E-state index contributed by atoms with van der Waals surface area (Å²) >= 11 is 0. The minimum Gasteiger partial charge on any atom is -0.462 e. The average Bonchev–Trinajstić information content (AvgIpc) is 3.63. The molecule has 2 aromatic rings. The fourth-order valence-corrected chi connectivity index (χ4v) is 7.94. The van der Waals surface area contributed by atoms with E-state index in [1.165, 1.54) is 25.9 Å². The molecule has 3 aliphatic heterocycles. The first-order valence-corrected chi connectivity index (χ1v) is 17.2. The molecule has 3 unspecified atom stereocenters. The Morgan fingerprint density at radius 3 is 1.94 bits per heavy atom. The van der Waals surface area contributed by atoms with Crippen LogP contribution in [0.5, 0.6) is 0 Å². The van der Waals surface area contributed by atoms with Crippen LogP contribution in [0.1, 0.15) is 95.6 Å². The molecule has 1 spiro atoms. The maximum absolute atomic E-state index is 14.4. The number of hydrogen-bond donors (Lipinski definition) is 0. The van der Waals surface area contributed by atoms with Crippen LogP contribution >= 0.6 is 0 Å². The van der Waals surface area contributed by atoms with Crippen molar-refractivity contribution in [3.63, 3.8) is 0 Å². The Labute approximate surface area is 277 Å². The second-order valence-corrected chi connectivity index (χ2v) is 13.0. The van der Waals surface area contributed by atoms with Crippen LogP contribution in [0.2, 0.25) is 0 Å². The number of quaternary nitrogens is 1. The minimum absolute atomic E-state index is 0.149. The smallest absolute Gasteiger partial charge is 0.462 e. The van der Waals surface area contributed by atoms with Crippen molar-refractivity contribution in [2.75, 3.05) is 19.9 Å². The molecule has 0 radical (unpaired) electrons. The van der Waals surface area contributed by atoms with Crippen molar-refractivity contribution < 1.29 is 47.3 Å². The highest BCUT2D eigenvalue weighted by Crippen LogP contribution is 2.47. The highest BCUT2D eigenvalue weighted by atomic mass is 16.8. The van der Waals surface area contributed by atoms with E-state index in [2.05, 4.69) is 0 Å². The standard InChI is InChI=1S/C37H48NO9/c1-3-13-31(4-2)45-34(40)21-20-33(39)43-26-44-36(42)47-37(27-14-7-5-8-15-27,28-16-9-6-10-17-28)35(41)46-32-24-29-18-19-30(25-32)38(29)22-11-12-23-38/h5-10,14-17,29-32H,3-4,11-13,18-26H2,1-2H3/q+1. The number of carbonyl (C=O) groups is 4. The molecule has 2 bridgehead atoms. The second-order valence-electron chi connectivity index (χ2n) is 13.0. The van der Waals surface area contributed by atoms with Crippen molar-refractivity contribution in [1.82, 2.24) is 0 Å². The lowest BCUT2D eigenvalue weighted by molar-refractivity contribution is -0.956. The number of esters is 3. The molecule has 0 amide bonds. The molecule has 47 heavy (non-hydrogen) atoms. The number of rotatable bonds is 14. The Kier molecular flexibility index (Phi) is 11.6. The predicted octanol–water partition coefficient (Wildman–Crippen LogP) is 6.33. The van der Waals surface area contributed by atoms with Gasteiger partial charge >= 0.3 is 24.1 Å². The summed E-state index contributed by atoms with van der Waals surface area (Å²) in [5, 5.41) is 0. The fraction of sp³-hybridized carbons (Fsp3) is 0.568. The van der Waals surface area contributed by atoms with Crippen LogP contribution < -0.4 is 0 Å². The van der Waals surface area contributed by atoms with Crippen LogP contribution in [0.25, 0.3) is 0 Å². The van der Waals surface area contributed by atoms with Gasteiger partial charge in [-0.05, 0) is 12.8 Å². The Morgan fingerprint density at radius 2 is 1.38 bits per heavy atom. The third kappa shape index (κ3) is 7.80. The molecule has 5 rings (SSSR count). The summed E-state index contributed by atoms with van der Waals surface area (Å²) in [5.74, 6) is -1.92.